The Hall–Kier alpha value is -0.540. The number of aryl methyl sites for hydroxylation is 2. The second-order valence-electron chi connectivity index (χ2n) is 3.42. The van der Waals surface area contributed by atoms with Gasteiger partial charge in [0.1, 0.15) is 0 Å². The standard InChI is InChI=1S/C11H13ClN2.BrH/c1-9-13-10-5-2-3-6-11(10)14(9)8-4-7-12;/h2-3,5-6H,4,7-8H2,1H3;1H. The van der Waals surface area contributed by atoms with Crippen LogP contribution in [0.5, 0.6) is 0 Å². The van der Waals surface area contributed by atoms with Crippen molar-refractivity contribution in [3.63, 3.8) is 0 Å². The van der Waals surface area contributed by atoms with Gasteiger partial charge in [-0.25, -0.2) is 9.55 Å². The molecule has 1 aromatic carbocycles. The summed E-state index contributed by atoms with van der Waals surface area (Å²) in [5, 5.41) is 0. The molecule has 2 rings (SSSR count). The summed E-state index contributed by atoms with van der Waals surface area (Å²) in [4.78, 5) is 3.36. The summed E-state index contributed by atoms with van der Waals surface area (Å²) < 4.78 is 2.28. The third kappa shape index (κ3) is 2.52. The van der Waals surface area contributed by atoms with Crippen molar-refractivity contribution in [3.05, 3.63) is 30.1 Å². The zero-order valence-corrected chi connectivity index (χ0v) is 11.0. The molecule has 0 saturated heterocycles. The first-order valence-corrected chi connectivity index (χ1v) is 5.39. The summed E-state index contributed by atoms with van der Waals surface area (Å²) in [7, 11) is 0. The Labute approximate surface area is 105 Å². The van der Waals surface area contributed by atoms with Crippen molar-refractivity contribution in [2.45, 2.75) is 19.9 Å². The largest absolute Gasteiger partial charge is 1.00 e. The summed E-state index contributed by atoms with van der Waals surface area (Å²) in [6, 6.07) is 8.34. The molecular formula is C11H14BrClN2. The molecule has 2 aromatic rings. The monoisotopic (exact) mass is 288 g/mol. The smallest absolute Gasteiger partial charge is 0.251 e. The number of hydrogen-bond donors (Lipinski definition) is 1. The van der Waals surface area contributed by atoms with Crippen molar-refractivity contribution >= 4 is 22.6 Å². The molecule has 2 nitrogen and oxygen atoms in total. The van der Waals surface area contributed by atoms with Gasteiger partial charge in [-0.15, -0.1) is 11.6 Å². The fourth-order valence-corrected chi connectivity index (χ4v) is 1.88. The Morgan fingerprint density at radius 3 is 2.80 bits per heavy atom. The Bertz CT molecular complexity index is 439. The molecule has 1 aromatic heterocycles. The molecule has 0 aliphatic heterocycles. The van der Waals surface area contributed by atoms with E-state index in [1.165, 1.54) is 16.9 Å². The lowest BCUT2D eigenvalue weighted by Crippen LogP contribution is -3.00. The molecule has 0 unspecified atom stereocenters. The van der Waals surface area contributed by atoms with Gasteiger partial charge < -0.3 is 17.0 Å². The highest BCUT2D eigenvalue weighted by atomic mass is 79.9. The molecule has 1 N–H and O–H groups in total. The maximum absolute atomic E-state index is 5.70. The average Bonchev–Trinajstić information content (AvgIpc) is 2.51. The molecule has 82 valence electrons. The maximum Gasteiger partial charge on any atom is 0.251 e. The lowest BCUT2D eigenvalue weighted by Gasteiger charge is -1.96. The quantitative estimate of drug-likeness (QED) is 0.575. The van der Waals surface area contributed by atoms with Crippen LogP contribution in [0.2, 0.25) is 0 Å². The summed E-state index contributed by atoms with van der Waals surface area (Å²) in [6.07, 6.45) is 1.01. The number of alkyl halides is 1. The van der Waals surface area contributed by atoms with E-state index in [-0.39, 0.29) is 17.0 Å². The van der Waals surface area contributed by atoms with Gasteiger partial charge in [0.2, 0.25) is 0 Å². The van der Waals surface area contributed by atoms with Crippen molar-refractivity contribution in [3.8, 4) is 0 Å². The Morgan fingerprint density at radius 1 is 1.33 bits per heavy atom. The first-order valence-electron chi connectivity index (χ1n) is 4.86. The number of hydrogen-bond acceptors (Lipinski definition) is 0. The summed E-state index contributed by atoms with van der Waals surface area (Å²) >= 11 is 5.70. The molecule has 0 atom stereocenters. The van der Waals surface area contributed by atoms with Crippen LogP contribution in [0.3, 0.4) is 0 Å². The highest BCUT2D eigenvalue weighted by molar-refractivity contribution is 6.17. The number of H-pyrrole nitrogens is 1. The number of halogens is 2. The summed E-state index contributed by atoms with van der Waals surface area (Å²) in [6.45, 7) is 3.08. The highest BCUT2D eigenvalue weighted by Gasteiger charge is 2.12. The zero-order chi connectivity index (χ0) is 9.97. The number of para-hydroxylation sites is 2. The minimum absolute atomic E-state index is 0. The number of aromatic amines is 1. The van der Waals surface area contributed by atoms with E-state index in [0.29, 0.717) is 5.88 Å². The van der Waals surface area contributed by atoms with Crippen LogP contribution < -0.4 is 21.5 Å². The van der Waals surface area contributed by atoms with Crippen LogP contribution in [-0.2, 0) is 6.54 Å². The van der Waals surface area contributed by atoms with Gasteiger partial charge in [-0.05, 0) is 18.6 Å². The third-order valence-corrected chi connectivity index (χ3v) is 2.70. The number of nitrogens with one attached hydrogen (secondary N) is 1. The molecule has 0 saturated carbocycles. The van der Waals surface area contributed by atoms with Crippen LogP contribution in [0.1, 0.15) is 12.2 Å². The average molecular weight is 290 g/mol. The highest BCUT2D eigenvalue weighted by Crippen LogP contribution is 2.08. The van der Waals surface area contributed by atoms with Gasteiger partial charge in [-0.1, -0.05) is 12.1 Å². The summed E-state index contributed by atoms with van der Waals surface area (Å²) in [5.41, 5.74) is 2.45. The van der Waals surface area contributed by atoms with Gasteiger partial charge in [0.05, 0.1) is 6.54 Å². The van der Waals surface area contributed by atoms with E-state index in [4.69, 9.17) is 11.6 Å². The number of rotatable bonds is 3. The molecular weight excluding hydrogens is 275 g/mol. The fourth-order valence-electron chi connectivity index (χ4n) is 1.76. The van der Waals surface area contributed by atoms with Crippen molar-refractivity contribution in [2.24, 2.45) is 0 Å². The van der Waals surface area contributed by atoms with Gasteiger partial charge in [0.25, 0.3) is 5.82 Å². The topological polar surface area (TPSA) is 19.7 Å². The number of nitrogens with zero attached hydrogens (tertiary/aromatic N) is 1. The van der Waals surface area contributed by atoms with Gasteiger partial charge in [-0.2, -0.15) is 0 Å². The van der Waals surface area contributed by atoms with Crippen LogP contribution >= 0.6 is 11.6 Å². The van der Waals surface area contributed by atoms with E-state index < -0.39 is 0 Å². The predicted octanol–water partition coefficient (Wildman–Crippen LogP) is -0.603. The SMILES string of the molecule is Cc1[nH]c2ccccc2[n+]1CCCCl.[Br-]. The molecule has 0 aliphatic carbocycles. The molecule has 0 spiro atoms. The predicted molar refractivity (Wildman–Crippen MR) is 58.6 cm³/mol. The maximum atomic E-state index is 5.70. The Balaban J connectivity index is 0.00000112. The lowest BCUT2D eigenvalue weighted by molar-refractivity contribution is -0.677. The zero-order valence-electron chi connectivity index (χ0n) is 8.63. The molecule has 0 bridgehead atoms. The third-order valence-electron chi connectivity index (χ3n) is 2.43. The minimum atomic E-state index is 0. The molecule has 15 heavy (non-hydrogen) atoms. The molecule has 1 heterocycles. The number of benzene rings is 1. The molecule has 4 heteroatoms. The Morgan fingerprint density at radius 2 is 2.07 bits per heavy atom. The van der Waals surface area contributed by atoms with Crippen LogP contribution in [0.15, 0.2) is 24.3 Å². The van der Waals surface area contributed by atoms with E-state index in [1.807, 2.05) is 6.07 Å². The van der Waals surface area contributed by atoms with E-state index in [1.54, 1.807) is 0 Å². The first-order chi connectivity index (χ1) is 6.83. The van der Waals surface area contributed by atoms with Gasteiger partial charge in [-0.3, -0.25) is 0 Å². The van der Waals surface area contributed by atoms with Gasteiger partial charge in [0.15, 0.2) is 11.0 Å². The molecule has 0 fully saturated rings. The van der Waals surface area contributed by atoms with E-state index in [0.717, 1.165) is 13.0 Å². The minimum Gasteiger partial charge on any atom is -1.00 e. The van der Waals surface area contributed by atoms with Crippen molar-refractivity contribution in [1.29, 1.82) is 0 Å². The summed E-state index contributed by atoms with van der Waals surface area (Å²) in [5.74, 6) is 1.91. The van der Waals surface area contributed by atoms with Crippen LogP contribution in [0, 0.1) is 6.92 Å². The Kier molecular flexibility index (Phi) is 4.61. The normalized spacial score (nSPS) is 10.3. The van der Waals surface area contributed by atoms with Crippen LogP contribution in [0.4, 0.5) is 0 Å². The number of fused-ring (bicyclic) bond motifs is 1. The fraction of sp³-hybridized carbons (Fsp3) is 0.364. The molecule has 0 radical (unpaired) electrons. The van der Waals surface area contributed by atoms with Crippen LogP contribution in [-0.4, -0.2) is 10.9 Å². The van der Waals surface area contributed by atoms with Gasteiger partial charge >= 0.3 is 0 Å². The first kappa shape index (κ1) is 12.5. The van der Waals surface area contributed by atoms with Crippen molar-refractivity contribution < 1.29 is 21.5 Å². The van der Waals surface area contributed by atoms with Crippen LogP contribution in [0.25, 0.3) is 11.0 Å². The van der Waals surface area contributed by atoms with Gasteiger partial charge in [0, 0.05) is 12.8 Å². The molecule has 0 aliphatic rings. The second kappa shape index (κ2) is 5.52. The lowest BCUT2D eigenvalue weighted by atomic mass is 10.3. The number of aromatic nitrogens is 2. The van der Waals surface area contributed by atoms with E-state index in [2.05, 4.69) is 34.7 Å². The van der Waals surface area contributed by atoms with E-state index >= 15 is 0 Å². The number of imidazole rings is 1. The molecule has 0 amide bonds. The van der Waals surface area contributed by atoms with E-state index in [9.17, 15) is 0 Å². The second-order valence-corrected chi connectivity index (χ2v) is 3.80. The van der Waals surface area contributed by atoms with Crippen molar-refractivity contribution in [1.82, 2.24) is 4.98 Å². The van der Waals surface area contributed by atoms with Crippen molar-refractivity contribution in [2.75, 3.05) is 5.88 Å².